The minimum atomic E-state index is -1.07. The average molecular weight is 297 g/mol. The van der Waals surface area contributed by atoms with Crippen LogP contribution >= 0.6 is 0 Å². The number of para-hydroxylation sites is 1. The second-order valence-corrected chi connectivity index (χ2v) is 5.24. The lowest BCUT2D eigenvalue weighted by atomic mass is 9.97. The van der Waals surface area contributed by atoms with Gasteiger partial charge < -0.3 is 10.4 Å². The number of hydrogen-bond acceptors (Lipinski definition) is 2. The van der Waals surface area contributed by atoms with E-state index in [1.54, 1.807) is 30.3 Å². The van der Waals surface area contributed by atoms with Gasteiger partial charge in [0.05, 0.1) is 11.3 Å². The van der Waals surface area contributed by atoms with Crippen LogP contribution in [0.15, 0.2) is 48.5 Å². The summed E-state index contributed by atoms with van der Waals surface area (Å²) in [4.78, 5) is 23.4. The first kappa shape index (κ1) is 15.8. The molecule has 4 nitrogen and oxygen atoms in total. The van der Waals surface area contributed by atoms with Gasteiger partial charge in [0.25, 0.3) is 5.91 Å². The molecule has 0 unspecified atom stereocenters. The molecule has 0 aromatic heterocycles. The largest absolute Gasteiger partial charge is 0.478 e. The monoisotopic (exact) mass is 297 g/mol. The van der Waals surface area contributed by atoms with E-state index in [0.717, 1.165) is 6.42 Å². The number of nitrogens with one attached hydrogen (secondary N) is 1. The Morgan fingerprint density at radius 1 is 1.09 bits per heavy atom. The van der Waals surface area contributed by atoms with E-state index in [4.69, 9.17) is 5.11 Å². The topological polar surface area (TPSA) is 66.4 Å². The molecule has 2 rings (SSSR count). The van der Waals surface area contributed by atoms with Crippen LogP contribution in [0, 0.1) is 0 Å². The highest BCUT2D eigenvalue weighted by Gasteiger charge is 2.13. The summed E-state index contributed by atoms with van der Waals surface area (Å²) < 4.78 is 0. The molecule has 0 aliphatic rings. The molecule has 4 heteroatoms. The van der Waals surface area contributed by atoms with E-state index in [-0.39, 0.29) is 11.5 Å². The number of anilines is 1. The lowest BCUT2D eigenvalue weighted by Gasteiger charge is -2.11. The smallest absolute Gasteiger partial charge is 0.337 e. The predicted molar refractivity (Wildman–Crippen MR) is 86.5 cm³/mol. The van der Waals surface area contributed by atoms with E-state index in [1.807, 2.05) is 12.1 Å². The van der Waals surface area contributed by atoms with Gasteiger partial charge in [-0.2, -0.15) is 0 Å². The molecule has 114 valence electrons. The van der Waals surface area contributed by atoms with Crippen molar-refractivity contribution in [2.75, 3.05) is 5.32 Å². The van der Waals surface area contributed by atoms with E-state index in [0.29, 0.717) is 17.2 Å². The molecule has 1 atom stereocenters. The molecule has 0 aliphatic heterocycles. The van der Waals surface area contributed by atoms with Gasteiger partial charge in [0, 0.05) is 5.56 Å². The van der Waals surface area contributed by atoms with Crippen LogP contribution in [0.25, 0.3) is 0 Å². The van der Waals surface area contributed by atoms with Crippen LogP contribution in [0.1, 0.15) is 52.5 Å². The van der Waals surface area contributed by atoms with Gasteiger partial charge in [-0.15, -0.1) is 0 Å². The first-order valence-electron chi connectivity index (χ1n) is 7.26. The van der Waals surface area contributed by atoms with E-state index >= 15 is 0 Å². The van der Waals surface area contributed by atoms with E-state index in [9.17, 15) is 9.59 Å². The Hall–Kier alpha value is -2.62. The maximum atomic E-state index is 12.2. The van der Waals surface area contributed by atoms with Crippen molar-refractivity contribution in [1.29, 1.82) is 0 Å². The second-order valence-electron chi connectivity index (χ2n) is 5.24. The summed E-state index contributed by atoms with van der Waals surface area (Å²) in [5, 5.41) is 11.8. The number of aromatic carboxylic acids is 1. The highest BCUT2D eigenvalue weighted by atomic mass is 16.4. The Kier molecular flexibility index (Phi) is 4.94. The molecule has 0 bridgehead atoms. The summed E-state index contributed by atoms with van der Waals surface area (Å²) in [5.41, 5.74) is 2.07. The van der Waals surface area contributed by atoms with Crippen molar-refractivity contribution in [2.24, 2.45) is 0 Å². The summed E-state index contributed by atoms with van der Waals surface area (Å²) >= 11 is 0. The highest BCUT2D eigenvalue weighted by Crippen LogP contribution is 2.20. The fourth-order valence-corrected chi connectivity index (χ4v) is 2.17. The van der Waals surface area contributed by atoms with Gasteiger partial charge in [-0.25, -0.2) is 4.79 Å². The summed E-state index contributed by atoms with van der Waals surface area (Å²) in [6.45, 7) is 4.26. The van der Waals surface area contributed by atoms with Crippen LogP contribution in [0.5, 0.6) is 0 Å². The first-order chi connectivity index (χ1) is 10.5. The van der Waals surface area contributed by atoms with Crippen molar-refractivity contribution in [3.8, 4) is 0 Å². The Bertz CT molecular complexity index is 677. The molecule has 1 amide bonds. The fraction of sp³-hybridized carbons (Fsp3) is 0.222. The Morgan fingerprint density at radius 2 is 1.73 bits per heavy atom. The molecular weight excluding hydrogens is 278 g/mol. The Morgan fingerprint density at radius 3 is 2.32 bits per heavy atom. The fourth-order valence-electron chi connectivity index (χ4n) is 2.17. The SMILES string of the molecule is CC[C@@H](C)c1ccc(C(=O)Nc2ccccc2C(=O)O)cc1. The second kappa shape index (κ2) is 6.89. The normalized spacial score (nSPS) is 11.7. The number of rotatable bonds is 5. The van der Waals surface area contributed by atoms with Crippen LogP contribution in [-0.2, 0) is 0 Å². The van der Waals surface area contributed by atoms with Crippen LogP contribution in [0.2, 0.25) is 0 Å². The average Bonchev–Trinajstić information content (AvgIpc) is 2.54. The molecule has 2 N–H and O–H groups in total. The zero-order valence-electron chi connectivity index (χ0n) is 12.7. The van der Waals surface area contributed by atoms with Gasteiger partial charge in [-0.05, 0) is 42.2 Å². The summed E-state index contributed by atoms with van der Waals surface area (Å²) in [7, 11) is 0. The van der Waals surface area contributed by atoms with Gasteiger partial charge in [-0.3, -0.25) is 4.79 Å². The van der Waals surface area contributed by atoms with Crippen molar-refractivity contribution in [3.05, 3.63) is 65.2 Å². The number of carbonyl (C=O) groups is 2. The van der Waals surface area contributed by atoms with Gasteiger partial charge in [0.2, 0.25) is 0 Å². The lowest BCUT2D eigenvalue weighted by Crippen LogP contribution is -2.14. The van der Waals surface area contributed by atoms with E-state index in [2.05, 4.69) is 19.2 Å². The number of carboxylic acid groups (broad SMARTS) is 1. The minimum Gasteiger partial charge on any atom is -0.478 e. The molecule has 0 saturated heterocycles. The molecule has 22 heavy (non-hydrogen) atoms. The van der Waals surface area contributed by atoms with Crippen LogP contribution < -0.4 is 5.32 Å². The molecule has 0 spiro atoms. The van der Waals surface area contributed by atoms with Crippen molar-refractivity contribution >= 4 is 17.6 Å². The van der Waals surface area contributed by atoms with Crippen LogP contribution in [0.3, 0.4) is 0 Å². The van der Waals surface area contributed by atoms with Gasteiger partial charge in [0.1, 0.15) is 0 Å². The maximum absolute atomic E-state index is 12.2. The molecule has 0 fully saturated rings. The predicted octanol–water partition coefficient (Wildman–Crippen LogP) is 4.15. The van der Waals surface area contributed by atoms with Crippen LogP contribution in [0.4, 0.5) is 5.69 Å². The molecule has 0 heterocycles. The third-order valence-electron chi connectivity index (χ3n) is 3.76. The zero-order valence-corrected chi connectivity index (χ0v) is 12.7. The van der Waals surface area contributed by atoms with Gasteiger partial charge >= 0.3 is 5.97 Å². The summed E-state index contributed by atoms with van der Waals surface area (Å²) in [5.74, 6) is -0.933. The molecule has 2 aromatic rings. The molecule has 0 saturated carbocycles. The Labute approximate surface area is 129 Å². The third-order valence-corrected chi connectivity index (χ3v) is 3.76. The number of carbonyl (C=O) groups excluding carboxylic acids is 1. The third kappa shape index (κ3) is 3.52. The molecular formula is C18H19NO3. The first-order valence-corrected chi connectivity index (χ1v) is 7.26. The number of benzene rings is 2. The van der Waals surface area contributed by atoms with Crippen molar-refractivity contribution in [2.45, 2.75) is 26.2 Å². The van der Waals surface area contributed by atoms with Gasteiger partial charge in [-0.1, -0.05) is 38.1 Å². The van der Waals surface area contributed by atoms with Crippen molar-refractivity contribution in [3.63, 3.8) is 0 Å². The quantitative estimate of drug-likeness (QED) is 0.871. The molecule has 0 aliphatic carbocycles. The maximum Gasteiger partial charge on any atom is 0.337 e. The number of amides is 1. The van der Waals surface area contributed by atoms with Gasteiger partial charge in [0.15, 0.2) is 0 Å². The van der Waals surface area contributed by atoms with Crippen molar-refractivity contribution in [1.82, 2.24) is 0 Å². The summed E-state index contributed by atoms with van der Waals surface area (Å²) in [6, 6.07) is 13.8. The van der Waals surface area contributed by atoms with Crippen molar-refractivity contribution < 1.29 is 14.7 Å². The van der Waals surface area contributed by atoms with Crippen LogP contribution in [-0.4, -0.2) is 17.0 Å². The standard InChI is InChI=1S/C18H19NO3/c1-3-12(2)13-8-10-14(11-9-13)17(20)19-16-7-5-4-6-15(16)18(21)22/h4-12H,3H2,1-2H3,(H,19,20)(H,21,22)/t12-/m1/s1. The molecule has 0 radical (unpaired) electrons. The highest BCUT2D eigenvalue weighted by molar-refractivity contribution is 6.07. The number of hydrogen-bond donors (Lipinski definition) is 2. The molecule has 2 aromatic carbocycles. The lowest BCUT2D eigenvalue weighted by molar-refractivity contribution is 0.0698. The summed E-state index contributed by atoms with van der Waals surface area (Å²) in [6.07, 6.45) is 1.04. The number of carboxylic acids is 1. The zero-order chi connectivity index (χ0) is 16.1. The van der Waals surface area contributed by atoms with E-state index < -0.39 is 5.97 Å². The van der Waals surface area contributed by atoms with E-state index in [1.165, 1.54) is 11.6 Å². The Balaban J connectivity index is 2.18. The minimum absolute atomic E-state index is 0.0760.